The molecule has 0 radical (unpaired) electrons. The van der Waals surface area contributed by atoms with E-state index in [0.717, 1.165) is 42.7 Å². The summed E-state index contributed by atoms with van der Waals surface area (Å²) in [4.78, 5) is 26.4. The van der Waals surface area contributed by atoms with E-state index in [4.69, 9.17) is 4.74 Å². The average molecular weight is 464 g/mol. The summed E-state index contributed by atoms with van der Waals surface area (Å²) in [6, 6.07) is 13.4. The first-order chi connectivity index (χ1) is 15.3. The lowest BCUT2D eigenvalue weighted by Gasteiger charge is -2.23. The summed E-state index contributed by atoms with van der Waals surface area (Å²) in [6.07, 6.45) is 1.80. The summed E-state index contributed by atoms with van der Waals surface area (Å²) < 4.78 is 45.6. The normalized spacial score (nSPS) is 16.0. The van der Waals surface area contributed by atoms with Gasteiger partial charge in [0.2, 0.25) is 21.8 Å². The van der Waals surface area contributed by atoms with Gasteiger partial charge in [0, 0.05) is 19.7 Å². The molecule has 0 bridgehead atoms. The Balaban J connectivity index is 1.62. The van der Waals surface area contributed by atoms with Crippen LogP contribution in [0.25, 0.3) is 0 Å². The zero-order chi connectivity index (χ0) is 23.0. The second-order valence-electron chi connectivity index (χ2n) is 7.45. The fourth-order valence-corrected chi connectivity index (χ4v) is 4.24. The molecular weight excluding hydrogens is 437 g/mol. The third-order valence-electron chi connectivity index (χ3n) is 4.99. The highest BCUT2D eigenvalue weighted by Gasteiger charge is 2.22. The molecule has 2 amide bonds. The monoisotopic (exact) mass is 463 g/mol. The minimum absolute atomic E-state index is 0.0280. The molecule has 1 unspecified atom stereocenters. The van der Waals surface area contributed by atoms with Crippen LogP contribution in [-0.4, -0.2) is 57.5 Å². The highest BCUT2D eigenvalue weighted by molar-refractivity contribution is 7.89. The summed E-state index contributed by atoms with van der Waals surface area (Å²) in [5.74, 6) is -1.49. The Morgan fingerprint density at radius 3 is 2.47 bits per heavy atom. The van der Waals surface area contributed by atoms with Gasteiger partial charge in [0.05, 0.1) is 24.1 Å². The molecule has 1 aliphatic heterocycles. The van der Waals surface area contributed by atoms with E-state index in [1.807, 2.05) is 30.3 Å². The Morgan fingerprint density at radius 1 is 1.09 bits per heavy atom. The first kappa shape index (κ1) is 23.8. The van der Waals surface area contributed by atoms with E-state index < -0.39 is 28.3 Å². The first-order valence-electron chi connectivity index (χ1n) is 10.3. The van der Waals surface area contributed by atoms with Gasteiger partial charge in [0.1, 0.15) is 5.82 Å². The molecule has 1 heterocycles. The molecule has 3 rings (SSSR count). The van der Waals surface area contributed by atoms with Crippen LogP contribution in [0.2, 0.25) is 0 Å². The van der Waals surface area contributed by atoms with Crippen molar-refractivity contribution >= 4 is 21.8 Å². The number of halogens is 1. The van der Waals surface area contributed by atoms with E-state index in [-0.39, 0.29) is 30.0 Å². The van der Waals surface area contributed by atoms with Gasteiger partial charge < -0.3 is 15.0 Å². The Hall–Kier alpha value is -2.82. The number of sulfonamides is 1. The van der Waals surface area contributed by atoms with Gasteiger partial charge in [-0.25, -0.2) is 17.5 Å². The highest BCUT2D eigenvalue weighted by atomic mass is 32.2. The van der Waals surface area contributed by atoms with Gasteiger partial charge in [-0.05, 0) is 42.7 Å². The summed E-state index contributed by atoms with van der Waals surface area (Å²) >= 11 is 0. The second-order valence-corrected chi connectivity index (χ2v) is 9.22. The van der Waals surface area contributed by atoms with Crippen LogP contribution in [0.15, 0.2) is 59.5 Å². The molecule has 0 spiro atoms. The number of nitrogens with zero attached hydrogens (tertiary/aromatic N) is 1. The molecule has 0 aromatic heterocycles. The van der Waals surface area contributed by atoms with E-state index >= 15 is 0 Å². The molecule has 1 atom stereocenters. The maximum absolute atomic E-state index is 13.1. The molecule has 2 aromatic rings. The smallest absolute Gasteiger partial charge is 0.241 e. The molecule has 32 heavy (non-hydrogen) atoms. The minimum Gasteiger partial charge on any atom is -0.376 e. The van der Waals surface area contributed by atoms with Gasteiger partial charge in [0.25, 0.3) is 0 Å². The number of nitrogens with one attached hydrogen (secondary N) is 2. The molecule has 1 fully saturated rings. The number of rotatable bonds is 10. The molecule has 10 heteroatoms. The highest BCUT2D eigenvalue weighted by Crippen LogP contribution is 2.11. The lowest BCUT2D eigenvalue weighted by molar-refractivity contribution is -0.135. The fourth-order valence-electron chi connectivity index (χ4n) is 3.26. The fraction of sp³-hybridized carbons (Fsp3) is 0.364. The van der Waals surface area contributed by atoms with Crippen molar-refractivity contribution in [1.82, 2.24) is 14.9 Å². The predicted octanol–water partition coefficient (Wildman–Crippen LogP) is 1.43. The molecule has 1 aliphatic rings. The molecule has 8 nitrogen and oxygen atoms in total. The molecule has 2 N–H and O–H groups in total. The number of amides is 2. The molecule has 172 valence electrons. The second kappa shape index (κ2) is 11.2. The summed E-state index contributed by atoms with van der Waals surface area (Å²) in [5, 5.41) is 2.77. The summed E-state index contributed by atoms with van der Waals surface area (Å²) in [6.45, 7) is 0.423. The number of carbonyl (C=O) groups is 2. The van der Waals surface area contributed by atoms with Gasteiger partial charge in [-0.2, -0.15) is 0 Å². The maximum Gasteiger partial charge on any atom is 0.241 e. The number of ether oxygens (including phenoxy) is 1. The first-order valence-corrected chi connectivity index (χ1v) is 11.8. The van der Waals surface area contributed by atoms with Crippen molar-refractivity contribution in [2.75, 3.05) is 26.2 Å². The summed E-state index contributed by atoms with van der Waals surface area (Å²) in [7, 11) is -4.01. The van der Waals surface area contributed by atoms with E-state index in [2.05, 4.69) is 10.0 Å². The van der Waals surface area contributed by atoms with Crippen LogP contribution >= 0.6 is 0 Å². The molecule has 0 saturated carbocycles. The van der Waals surface area contributed by atoms with Crippen LogP contribution in [0.4, 0.5) is 4.39 Å². The van der Waals surface area contributed by atoms with Crippen LogP contribution in [0.5, 0.6) is 0 Å². The van der Waals surface area contributed by atoms with Crippen molar-refractivity contribution in [2.45, 2.75) is 30.4 Å². The maximum atomic E-state index is 13.1. The number of benzene rings is 2. The van der Waals surface area contributed by atoms with E-state index in [0.29, 0.717) is 13.2 Å². The topological polar surface area (TPSA) is 105 Å². The SMILES string of the molecule is O=C(CN(Cc1ccccc1)C(=O)CNS(=O)(=O)c1ccc(F)cc1)NCC1CCCO1. The predicted molar refractivity (Wildman–Crippen MR) is 115 cm³/mol. The molecule has 1 saturated heterocycles. The third-order valence-corrected chi connectivity index (χ3v) is 6.41. The zero-order valence-electron chi connectivity index (χ0n) is 17.5. The largest absolute Gasteiger partial charge is 0.376 e. The van der Waals surface area contributed by atoms with Crippen LogP contribution in [0, 0.1) is 5.82 Å². The van der Waals surface area contributed by atoms with Gasteiger partial charge in [0.15, 0.2) is 0 Å². The minimum atomic E-state index is -4.01. The standard InChI is InChI=1S/C22H26FN3O5S/c23-18-8-10-20(11-9-18)32(29,30)25-14-22(28)26(15-17-5-2-1-3-6-17)16-21(27)24-13-19-7-4-12-31-19/h1-3,5-6,8-11,19,25H,4,7,12-16H2,(H,24,27). The molecular formula is C22H26FN3O5S. The average Bonchev–Trinajstić information content (AvgIpc) is 3.30. The van der Waals surface area contributed by atoms with Crippen molar-refractivity contribution < 1.29 is 27.1 Å². The van der Waals surface area contributed by atoms with E-state index in [1.54, 1.807) is 0 Å². The van der Waals surface area contributed by atoms with Crippen LogP contribution in [-0.2, 0) is 30.9 Å². The van der Waals surface area contributed by atoms with Gasteiger partial charge in [-0.15, -0.1) is 0 Å². The lowest BCUT2D eigenvalue weighted by Crippen LogP contribution is -2.45. The van der Waals surface area contributed by atoms with Crippen LogP contribution < -0.4 is 10.0 Å². The number of hydrogen-bond acceptors (Lipinski definition) is 5. The van der Waals surface area contributed by atoms with Crippen molar-refractivity contribution in [2.24, 2.45) is 0 Å². The third kappa shape index (κ3) is 7.11. The van der Waals surface area contributed by atoms with Crippen molar-refractivity contribution in [3.63, 3.8) is 0 Å². The van der Waals surface area contributed by atoms with Gasteiger partial charge in [-0.3, -0.25) is 9.59 Å². The van der Waals surface area contributed by atoms with Crippen LogP contribution in [0.3, 0.4) is 0 Å². The lowest BCUT2D eigenvalue weighted by atomic mass is 10.2. The number of hydrogen-bond donors (Lipinski definition) is 2. The number of carbonyl (C=O) groups excluding carboxylic acids is 2. The van der Waals surface area contributed by atoms with E-state index in [1.165, 1.54) is 4.90 Å². The van der Waals surface area contributed by atoms with Crippen molar-refractivity contribution in [3.8, 4) is 0 Å². The Labute approximate surface area is 186 Å². The van der Waals surface area contributed by atoms with Gasteiger partial charge >= 0.3 is 0 Å². The van der Waals surface area contributed by atoms with Crippen molar-refractivity contribution in [1.29, 1.82) is 0 Å². The Morgan fingerprint density at radius 2 is 1.81 bits per heavy atom. The zero-order valence-corrected chi connectivity index (χ0v) is 18.3. The van der Waals surface area contributed by atoms with E-state index in [9.17, 15) is 22.4 Å². The van der Waals surface area contributed by atoms with Crippen LogP contribution in [0.1, 0.15) is 18.4 Å². The van der Waals surface area contributed by atoms with Gasteiger partial charge in [-0.1, -0.05) is 30.3 Å². The molecule has 0 aliphatic carbocycles. The summed E-state index contributed by atoms with van der Waals surface area (Å²) in [5.41, 5.74) is 0.800. The molecule has 2 aromatic carbocycles. The Bertz CT molecular complexity index is 1010. The van der Waals surface area contributed by atoms with Crippen molar-refractivity contribution in [3.05, 3.63) is 66.0 Å². The quantitative estimate of drug-likeness (QED) is 0.555. The Kier molecular flexibility index (Phi) is 8.32.